The highest BCUT2D eigenvalue weighted by Gasteiger charge is 2.78. The quantitative estimate of drug-likeness (QED) is 0.0236. The van der Waals surface area contributed by atoms with Gasteiger partial charge in [0.15, 0.2) is 17.5 Å². The third-order valence-electron chi connectivity index (χ3n) is 17.3. The van der Waals surface area contributed by atoms with Gasteiger partial charge in [0.25, 0.3) is 5.91 Å². The normalized spacial score (nSPS) is 27.7. The monoisotopic (exact) mass is 1170 g/mol. The summed E-state index contributed by atoms with van der Waals surface area (Å²) in [6, 6.07) is 23.3. The van der Waals surface area contributed by atoms with Crippen LogP contribution in [0.15, 0.2) is 102 Å². The number of carbonyl (C=O) groups excluding carboxylic acids is 7. The van der Waals surface area contributed by atoms with Crippen molar-refractivity contribution in [3.63, 3.8) is 0 Å². The number of nitrogens with one attached hydrogen (secondary N) is 1. The number of ether oxygens (including phenoxy) is 6. The smallest absolute Gasteiger partial charge is 0.350 e. The van der Waals surface area contributed by atoms with E-state index in [0.29, 0.717) is 18.4 Å². The van der Waals surface area contributed by atoms with E-state index in [4.69, 9.17) is 28.4 Å². The molecule has 3 N–H and O–H groups in total. The van der Waals surface area contributed by atoms with E-state index >= 15 is 9.59 Å². The maximum Gasteiger partial charge on any atom is 0.350 e. The van der Waals surface area contributed by atoms with Gasteiger partial charge < -0.3 is 44.0 Å². The van der Waals surface area contributed by atoms with E-state index in [-0.39, 0.29) is 35.3 Å². The van der Waals surface area contributed by atoms with E-state index in [1.54, 1.807) is 99.6 Å². The Balaban J connectivity index is 1.28. The average molecular weight is 1170 g/mol. The Kier molecular flexibility index (Phi) is 20.8. The molecule has 4 aliphatic rings. The predicted molar refractivity (Wildman–Crippen MR) is 300 cm³/mol. The van der Waals surface area contributed by atoms with Gasteiger partial charge in [0.2, 0.25) is 6.10 Å². The fourth-order valence-electron chi connectivity index (χ4n) is 12.8. The van der Waals surface area contributed by atoms with Gasteiger partial charge in [-0.1, -0.05) is 180 Å². The zero-order valence-electron chi connectivity index (χ0n) is 47.2. The lowest BCUT2D eigenvalue weighted by Gasteiger charge is -2.67. The van der Waals surface area contributed by atoms with Crippen molar-refractivity contribution in [1.82, 2.24) is 5.32 Å². The second kappa shape index (κ2) is 26.9. The summed E-state index contributed by atoms with van der Waals surface area (Å²) < 4.78 is 37.4. The number of aliphatic hydroxyl groups excluding tert-OH is 1. The topological polar surface area (TPSA) is 227 Å². The van der Waals surface area contributed by atoms with Crippen LogP contribution in [0.2, 0.25) is 0 Å². The number of hydrogen-bond acceptors (Lipinski definition) is 15. The second-order valence-electron chi connectivity index (χ2n) is 22.9. The molecule has 16 nitrogen and oxygen atoms in total. The van der Waals surface area contributed by atoms with Gasteiger partial charge in [-0.3, -0.25) is 24.0 Å². The number of rotatable bonds is 25. The number of esters is 5. The summed E-state index contributed by atoms with van der Waals surface area (Å²) in [6.45, 7) is 10.3. The Labute approximate surface area is 478 Å². The summed E-state index contributed by atoms with van der Waals surface area (Å²) in [5.74, 6) is -7.66. The summed E-state index contributed by atoms with van der Waals surface area (Å²) in [5, 5.41) is 29.3. The van der Waals surface area contributed by atoms with E-state index < -0.39 is 123 Å². The molecule has 2 saturated carbocycles. The molecule has 80 heavy (non-hydrogen) atoms. The Morgan fingerprint density at radius 1 is 0.738 bits per heavy atom. The van der Waals surface area contributed by atoms with Crippen LogP contribution in [-0.4, -0.2) is 111 Å². The van der Waals surface area contributed by atoms with E-state index in [1.807, 2.05) is 0 Å². The Morgan fingerprint density at radius 2 is 1.29 bits per heavy atom. The average Bonchev–Trinajstić information content (AvgIpc) is 3.45. The highest BCUT2D eigenvalue weighted by molar-refractivity contribution is 9.10. The molecule has 3 aliphatic carbocycles. The number of fused-ring (bicyclic) bond motifs is 5. The third-order valence-corrected chi connectivity index (χ3v) is 18.1. The van der Waals surface area contributed by atoms with E-state index in [2.05, 4.69) is 28.2 Å². The van der Waals surface area contributed by atoms with E-state index in [1.165, 1.54) is 64.0 Å². The molecule has 12 atom stereocenters. The summed E-state index contributed by atoms with van der Waals surface area (Å²) in [7, 11) is 0. The molecular weight excluding hydrogens is 1090 g/mol. The molecule has 3 fully saturated rings. The predicted octanol–water partition coefficient (Wildman–Crippen LogP) is 10.1. The summed E-state index contributed by atoms with van der Waals surface area (Å²) in [4.78, 5) is 100. The number of alkyl halides is 1. The maximum atomic E-state index is 15.8. The van der Waals surface area contributed by atoms with Crippen molar-refractivity contribution >= 4 is 57.5 Å². The number of hydrogen-bond donors (Lipinski definition) is 3. The number of halogens is 1. The minimum absolute atomic E-state index is 0.0149. The fraction of sp³-hybridized carbons (Fsp3) is 0.571. The number of Topliss-reactive ketones (excluding diaryl/α,β-unsaturated/α-hetero) is 1. The largest absolute Gasteiger partial charge is 0.455 e. The lowest BCUT2D eigenvalue weighted by Crippen LogP contribution is -2.82. The first-order valence-electron chi connectivity index (χ1n) is 28.5. The molecule has 2 bridgehead atoms. The van der Waals surface area contributed by atoms with E-state index in [9.17, 15) is 34.2 Å². The Hall–Kier alpha value is -5.75. The van der Waals surface area contributed by atoms with E-state index in [0.717, 1.165) is 39.5 Å². The Bertz CT molecular complexity index is 2700. The number of unbranched alkanes of at least 4 members (excludes halogenated alkanes) is 11. The number of aliphatic hydroxyl groups is 2. The zero-order valence-corrected chi connectivity index (χ0v) is 48.8. The third kappa shape index (κ3) is 13.1. The molecule has 1 aliphatic heterocycles. The van der Waals surface area contributed by atoms with Crippen molar-refractivity contribution in [2.45, 2.75) is 203 Å². The van der Waals surface area contributed by atoms with Gasteiger partial charge in [-0.2, -0.15) is 0 Å². The van der Waals surface area contributed by atoms with Crippen molar-refractivity contribution in [3.8, 4) is 0 Å². The van der Waals surface area contributed by atoms with Gasteiger partial charge in [-0.15, -0.1) is 0 Å². The minimum Gasteiger partial charge on any atom is -0.455 e. The molecule has 7 rings (SSSR count). The van der Waals surface area contributed by atoms with Gasteiger partial charge in [0, 0.05) is 37.7 Å². The molecule has 0 unspecified atom stereocenters. The van der Waals surface area contributed by atoms with Crippen LogP contribution >= 0.6 is 15.9 Å². The van der Waals surface area contributed by atoms with Crippen LogP contribution in [0, 0.1) is 16.7 Å². The highest BCUT2D eigenvalue weighted by Crippen LogP contribution is 2.64. The molecule has 3 aromatic carbocycles. The first-order valence-corrected chi connectivity index (χ1v) is 29.4. The number of amides is 1. The molecule has 1 amide bonds. The molecule has 1 saturated heterocycles. The standard InChI is InChI=1S/C63H80BrNO15/c1-8-9-10-11-12-13-14-15-16-17-18-28-35-45(64)58(72)78-52(50(42-29-22-19-23-30-42)65-56(70)43-31-24-20-25-32-43)59(73)77-46-37-63(74)55(79-57(71)44-33-26-21-27-34-44)53-61(7,47(68)36-48-62(53,38-75-48)80-41(4)67)54(69)51(76-40(3)66)49(39(46)2)60(63,5)6/h19-27,29-34,45-48,50-53,55,68,74H,8-18,28,35-38H2,1-7H3,(H,65,70)/t45-,46-,47-,48+,50-,51+,52+,53-,55-,61+,62-,63+/m0/s1. The molecule has 0 radical (unpaired) electrons. The van der Waals surface area contributed by atoms with Gasteiger partial charge in [-0.25, -0.2) is 9.59 Å². The Morgan fingerprint density at radius 3 is 1.82 bits per heavy atom. The van der Waals surface area contributed by atoms with Gasteiger partial charge in [0.1, 0.15) is 34.8 Å². The molecular formula is C63H80BrNO15. The van der Waals surface area contributed by atoms with Gasteiger partial charge in [-0.05, 0) is 61.2 Å². The summed E-state index contributed by atoms with van der Waals surface area (Å²) in [6.07, 6.45) is 3.30. The molecule has 1 heterocycles. The van der Waals surface area contributed by atoms with Crippen molar-refractivity contribution in [2.24, 2.45) is 16.7 Å². The first kappa shape index (κ1) is 61.9. The van der Waals surface area contributed by atoms with Crippen LogP contribution in [0.25, 0.3) is 0 Å². The van der Waals surface area contributed by atoms with Crippen molar-refractivity contribution in [3.05, 3.63) is 119 Å². The van der Waals surface area contributed by atoms with Crippen LogP contribution in [0.5, 0.6) is 0 Å². The second-order valence-corrected chi connectivity index (χ2v) is 24.0. The highest BCUT2D eigenvalue weighted by atomic mass is 79.9. The van der Waals surface area contributed by atoms with Crippen molar-refractivity contribution < 1.29 is 72.2 Å². The molecule has 434 valence electrons. The van der Waals surface area contributed by atoms with Crippen LogP contribution in [0.4, 0.5) is 0 Å². The minimum atomic E-state index is -2.45. The number of benzene rings is 3. The van der Waals surface area contributed by atoms with Crippen LogP contribution < -0.4 is 5.32 Å². The van der Waals surface area contributed by atoms with Gasteiger partial charge in [0.05, 0.1) is 29.6 Å². The summed E-state index contributed by atoms with van der Waals surface area (Å²) in [5.41, 5.74) is -7.24. The van der Waals surface area contributed by atoms with Gasteiger partial charge >= 0.3 is 29.8 Å². The number of ketones is 1. The van der Waals surface area contributed by atoms with Crippen LogP contribution in [0.1, 0.15) is 177 Å². The lowest BCUT2D eigenvalue weighted by atomic mass is 9.44. The first-order chi connectivity index (χ1) is 38.1. The SMILES string of the molecule is CCCCCCCCCCCCCC[C@H](Br)C(=O)O[C@@H](C(=O)O[C@H]1C[C@@]2(O)[C@@H](OC(=O)c3ccccc3)[C@@H]3[C@]4(OC(C)=O)CO[C@@H]4C[C@H](O)[C@@]3(C)C(=O)[C@H](OC(C)=O)C(=C1C)C2(C)C)[C@@H](NC(=O)c1ccccc1)c1ccccc1. The van der Waals surface area contributed by atoms with Crippen LogP contribution in [0.3, 0.4) is 0 Å². The summed E-state index contributed by atoms with van der Waals surface area (Å²) >= 11 is 3.54. The van der Waals surface area contributed by atoms with Crippen molar-refractivity contribution in [1.29, 1.82) is 0 Å². The van der Waals surface area contributed by atoms with Crippen molar-refractivity contribution in [2.75, 3.05) is 6.61 Å². The van der Waals surface area contributed by atoms with Crippen LogP contribution in [-0.2, 0) is 52.4 Å². The molecule has 0 spiro atoms. The maximum absolute atomic E-state index is 15.8. The fourth-order valence-corrected chi connectivity index (χ4v) is 13.2. The lowest BCUT2D eigenvalue weighted by molar-refractivity contribution is -0.346. The molecule has 3 aromatic rings. The molecule has 17 heteroatoms. The molecule has 0 aromatic heterocycles. The zero-order chi connectivity index (χ0) is 58.0. The number of carbonyl (C=O) groups is 7.